The highest BCUT2D eigenvalue weighted by Crippen LogP contribution is 2.15. The molecule has 0 fully saturated rings. The van der Waals surface area contributed by atoms with Crippen LogP contribution >= 0.6 is 33.9 Å². The van der Waals surface area contributed by atoms with E-state index in [-0.39, 0.29) is 37.8 Å². The van der Waals surface area contributed by atoms with Gasteiger partial charge in [0.05, 0.1) is 0 Å². The number of nitrogens with one attached hydrogen (secondary N) is 3. The molecule has 0 saturated carbocycles. The number of alkyl halides is 2. The summed E-state index contributed by atoms with van der Waals surface area (Å²) in [6.45, 7) is 27.8. The maximum atomic E-state index is 12.7. The Kier molecular flexibility index (Phi) is 38.8. The standard InChI is InChI=1S/C26H40N2O8.C16H23NO4.C6H11ClO2.C2H7N.CH2Cl2O3S/c1-17-11-12-19(14-18(17)2)15-20(28-24(32)36-26(6,7)8)22(30)34-16-33-21(29)10-9-13-27-23(31)35-25(3,4)5;1-10-6-7-12(8-11(10)2)9-13(14(18)19)17-15(20)21-16(3,4)5;1-2-3-4-6(8)9-5-7;1-2-3;2-1-6-7(3,4)5/h11-12,14,20H,9-10,13,15-16H2,1-8H3,(H,27,31)(H,28,32);6-8,13H,9H2,1-5H3,(H,17,20)(H,18,19);2-5H2,1H3;2-3H2,1H3;1H2/t20-;13-;;;/m00.../s1. The molecule has 0 radical (unpaired) electrons. The van der Waals surface area contributed by atoms with Gasteiger partial charge in [-0.15, -0.1) is 0 Å². The van der Waals surface area contributed by atoms with Crippen molar-refractivity contribution in [3.63, 3.8) is 0 Å². The van der Waals surface area contributed by atoms with E-state index in [1.165, 1.54) is 0 Å². The lowest BCUT2D eigenvalue weighted by Gasteiger charge is -2.23. The van der Waals surface area contributed by atoms with Gasteiger partial charge in [0.15, 0.2) is 6.07 Å². The molecule has 21 nitrogen and oxygen atoms in total. The van der Waals surface area contributed by atoms with Crippen molar-refractivity contribution in [2.24, 2.45) is 5.73 Å². The molecule has 2 rings (SSSR count). The Balaban J connectivity index is -0.00000111. The average Bonchev–Trinajstić information content (AvgIpc) is 3.25. The number of amides is 3. The van der Waals surface area contributed by atoms with Crippen molar-refractivity contribution in [2.45, 2.75) is 178 Å². The smallest absolute Gasteiger partial charge is 0.408 e. The summed E-state index contributed by atoms with van der Waals surface area (Å²) in [5.41, 5.74) is 8.91. The van der Waals surface area contributed by atoms with Gasteiger partial charge in [-0.2, -0.15) is 8.42 Å². The normalized spacial score (nSPS) is 11.7. The molecule has 2 atom stereocenters. The number of aryl methyl sites for hydroxylation is 4. The molecule has 25 heteroatoms. The lowest BCUT2D eigenvalue weighted by Crippen LogP contribution is -2.45. The van der Waals surface area contributed by atoms with E-state index in [1.807, 2.05) is 77.9 Å². The summed E-state index contributed by atoms with van der Waals surface area (Å²) in [7, 11) is 0.665. The number of halogens is 3. The van der Waals surface area contributed by atoms with E-state index < -0.39 is 87.3 Å². The van der Waals surface area contributed by atoms with Crippen LogP contribution in [0.5, 0.6) is 0 Å². The highest BCUT2D eigenvalue weighted by atomic mass is 35.7. The van der Waals surface area contributed by atoms with Gasteiger partial charge in [0.1, 0.15) is 35.0 Å². The Bertz CT molecular complexity index is 2200. The number of carbonyl (C=O) groups is 7. The first kappa shape index (κ1) is 75.1. The van der Waals surface area contributed by atoms with Crippen LogP contribution in [0.1, 0.15) is 142 Å². The van der Waals surface area contributed by atoms with Crippen molar-refractivity contribution in [3.8, 4) is 0 Å². The zero-order valence-corrected chi connectivity index (χ0v) is 49.8. The highest BCUT2D eigenvalue weighted by molar-refractivity contribution is 8.10. The maximum Gasteiger partial charge on any atom is 0.408 e. The number of alkyl carbamates (subject to hydrolysis) is 3. The summed E-state index contributed by atoms with van der Waals surface area (Å²) in [5, 5.41) is 16.7. The number of rotatable bonds is 20. The number of carbonyl (C=O) groups excluding carboxylic acids is 6. The summed E-state index contributed by atoms with van der Waals surface area (Å²) in [6.07, 6.45) is 1.05. The topological polar surface area (TPSA) is 301 Å². The number of hydrogen-bond donors (Lipinski definition) is 5. The lowest BCUT2D eigenvalue weighted by molar-refractivity contribution is -0.168. The van der Waals surface area contributed by atoms with E-state index in [9.17, 15) is 47.1 Å². The number of carboxylic acid groups (broad SMARTS) is 1. The fourth-order valence-corrected chi connectivity index (χ4v) is 6.05. The third-order valence-corrected chi connectivity index (χ3v) is 9.78. The van der Waals surface area contributed by atoms with Gasteiger partial charge in [0.2, 0.25) is 6.79 Å². The summed E-state index contributed by atoms with van der Waals surface area (Å²) in [4.78, 5) is 81.9. The average molecular weight is 1160 g/mol. The quantitative estimate of drug-likeness (QED) is 0.0206. The second kappa shape index (κ2) is 39.3. The number of benzene rings is 2. The number of carboxylic acids is 1. The molecule has 0 saturated heterocycles. The van der Waals surface area contributed by atoms with Crippen molar-refractivity contribution < 1.29 is 79.7 Å². The molecule has 0 aliphatic heterocycles. The van der Waals surface area contributed by atoms with Gasteiger partial charge in [-0.05, 0) is 143 Å². The molecule has 0 heterocycles. The number of aliphatic carboxylic acids is 1. The van der Waals surface area contributed by atoms with Crippen molar-refractivity contribution >= 4 is 85.4 Å². The minimum Gasteiger partial charge on any atom is -0.480 e. The molecule has 3 amide bonds. The summed E-state index contributed by atoms with van der Waals surface area (Å²) in [5.74, 6) is -2.65. The van der Waals surface area contributed by atoms with Crippen molar-refractivity contribution in [1.29, 1.82) is 0 Å². The van der Waals surface area contributed by atoms with Crippen LogP contribution in [-0.2, 0) is 74.0 Å². The van der Waals surface area contributed by atoms with Crippen LogP contribution in [0.2, 0.25) is 0 Å². The molecule has 0 aliphatic rings. The van der Waals surface area contributed by atoms with Gasteiger partial charge in [0.25, 0.3) is 0 Å². The molecule has 0 bridgehead atoms. The molecule has 0 spiro atoms. The van der Waals surface area contributed by atoms with Crippen molar-refractivity contribution in [2.75, 3.05) is 32.0 Å². The Labute approximate surface area is 464 Å². The monoisotopic (exact) mass is 1160 g/mol. The molecule has 436 valence electrons. The molecular weight excluding hydrogens is 1080 g/mol. The van der Waals surface area contributed by atoms with Gasteiger partial charge in [-0.25, -0.2) is 28.2 Å². The van der Waals surface area contributed by atoms with Gasteiger partial charge in [-0.3, -0.25) is 9.59 Å². The van der Waals surface area contributed by atoms with Crippen LogP contribution in [-0.4, -0.2) is 117 Å². The maximum absolute atomic E-state index is 12.7. The van der Waals surface area contributed by atoms with E-state index in [0.29, 0.717) is 12.8 Å². The van der Waals surface area contributed by atoms with Gasteiger partial charge in [-0.1, -0.05) is 79.9 Å². The predicted molar refractivity (Wildman–Crippen MR) is 291 cm³/mol. The first-order chi connectivity index (χ1) is 34.9. The van der Waals surface area contributed by atoms with Crippen molar-refractivity contribution in [1.82, 2.24) is 16.0 Å². The van der Waals surface area contributed by atoms with E-state index in [1.54, 1.807) is 62.3 Å². The van der Waals surface area contributed by atoms with Crippen LogP contribution in [0.3, 0.4) is 0 Å². The molecule has 2 aromatic carbocycles. The number of nitrogens with two attached hydrogens (primary N) is 1. The zero-order valence-electron chi connectivity index (χ0n) is 46.7. The van der Waals surface area contributed by atoms with Crippen LogP contribution in [0.4, 0.5) is 14.4 Å². The van der Waals surface area contributed by atoms with Gasteiger partial charge >= 0.3 is 51.5 Å². The SMILES string of the molecule is CCCCC(=O)OCCl.CCN.Cc1ccc(C[C@H](NC(=O)OC(C)(C)C)C(=O)O)cc1C.Cc1ccc(C[C@H](NC(=O)OC(C)(C)C)C(=O)OCOC(=O)CCCNC(=O)OC(C)(C)C)cc1C.O=S(=O)(Cl)OCCl. The second-order valence-electron chi connectivity index (χ2n) is 19.4. The number of ether oxygens (including phenoxy) is 6. The van der Waals surface area contributed by atoms with Gasteiger partial charge in [0, 0.05) is 42.9 Å². The van der Waals surface area contributed by atoms with E-state index in [4.69, 9.17) is 52.6 Å². The fraction of sp³-hybridized carbons (Fsp3) is 0.627. The zero-order chi connectivity index (χ0) is 59.5. The third-order valence-electron chi connectivity index (χ3n) is 8.77. The molecule has 0 unspecified atom stereocenters. The molecule has 0 aliphatic carbocycles. The number of esters is 3. The number of unbranched alkanes of at least 4 members (excludes halogenated alkanes) is 1. The van der Waals surface area contributed by atoms with Crippen LogP contribution < -0.4 is 21.7 Å². The van der Waals surface area contributed by atoms with Crippen molar-refractivity contribution in [3.05, 3.63) is 69.8 Å². The summed E-state index contributed by atoms with van der Waals surface area (Å²) in [6, 6.07) is 8.95. The Morgan fingerprint density at radius 3 is 1.39 bits per heavy atom. The van der Waals surface area contributed by atoms with Crippen LogP contribution in [0, 0.1) is 27.7 Å². The highest BCUT2D eigenvalue weighted by Gasteiger charge is 2.27. The molecular formula is C51H83Cl3N4O17S. The largest absolute Gasteiger partial charge is 0.480 e. The Morgan fingerprint density at radius 1 is 0.618 bits per heavy atom. The molecule has 2 aromatic rings. The first-order valence-corrected chi connectivity index (χ1v) is 27.4. The minimum atomic E-state index is -3.83. The first-order valence-electron chi connectivity index (χ1n) is 24.1. The van der Waals surface area contributed by atoms with E-state index >= 15 is 0 Å². The Morgan fingerprint density at radius 2 is 1.03 bits per heavy atom. The minimum absolute atomic E-state index is 0.00950. The lowest BCUT2D eigenvalue weighted by atomic mass is 10.0. The summed E-state index contributed by atoms with van der Waals surface area (Å²) >= 11 is 9.93. The molecule has 0 aromatic heterocycles. The molecule has 76 heavy (non-hydrogen) atoms. The van der Waals surface area contributed by atoms with Crippen LogP contribution in [0.15, 0.2) is 36.4 Å². The van der Waals surface area contributed by atoms with Crippen LogP contribution in [0.25, 0.3) is 0 Å². The van der Waals surface area contributed by atoms with Gasteiger partial charge < -0.3 is 55.2 Å². The Hall–Kier alpha value is -5.13. The predicted octanol–water partition coefficient (Wildman–Crippen LogP) is 9.48. The summed E-state index contributed by atoms with van der Waals surface area (Å²) < 4.78 is 53.1. The fourth-order valence-electron chi connectivity index (χ4n) is 5.20. The van der Waals surface area contributed by atoms with E-state index in [0.717, 1.165) is 52.8 Å². The second-order valence-corrected chi connectivity index (χ2v) is 22.0. The van der Waals surface area contributed by atoms with E-state index in [2.05, 4.69) is 35.6 Å². The third kappa shape index (κ3) is 45.1. The number of hydrogen-bond acceptors (Lipinski definition) is 17. The molecule has 6 N–H and O–H groups in total.